The smallest absolute Gasteiger partial charge is 0.227 e. The van der Waals surface area contributed by atoms with Crippen LogP contribution in [0.5, 0.6) is 0 Å². The number of piperazine rings is 1. The number of hydrogen-bond donors (Lipinski definition) is 0. The Morgan fingerprint density at radius 1 is 1.08 bits per heavy atom. The van der Waals surface area contributed by atoms with E-state index < -0.39 is 10.0 Å². The Morgan fingerprint density at radius 2 is 1.79 bits per heavy atom. The van der Waals surface area contributed by atoms with E-state index in [2.05, 4.69) is 15.1 Å². The normalized spacial score (nSPS) is 16.5. The van der Waals surface area contributed by atoms with Crippen LogP contribution < -0.4 is 4.90 Å². The minimum absolute atomic E-state index is 0.0533. The third kappa shape index (κ3) is 3.44. The molecule has 1 aromatic heterocycles. The van der Waals surface area contributed by atoms with Gasteiger partial charge in [-0.15, -0.1) is 10.2 Å². The van der Waals surface area contributed by atoms with Gasteiger partial charge < -0.3 is 9.47 Å². The summed E-state index contributed by atoms with van der Waals surface area (Å²) >= 11 is 0. The molecule has 3 rings (SSSR count). The van der Waals surface area contributed by atoms with E-state index in [1.54, 1.807) is 4.31 Å². The van der Waals surface area contributed by atoms with Gasteiger partial charge in [0.1, 0.15) is 5.82 Å². The molecule has 24 heavy (non-hydrogen) atoms. The summed E-state index contributed by atoms with van der Waals surface area (Å²) in [6, 6.07) is 7.66. The maximum atomic E-state index is 12.7. The summed E-state index contributed by atoms with van der Waals surface area (Å²) in [5.74, 6) is 1.69. The van der Waals surface area contributed by atoms with E-state index in [1.165, 1.54) is 0 Å². The molecule has 1 aromatic carbocycles. The van der Waals surface area contributed by atoms with Crippen LogP contribution in [0.2, 0.25) is 0 Å². The molecule has 0 saturated carbocycles. The molecule has 2 aromatic rings. The van der Waals surface area contributed by atoms with Crippen molar-refractivity contribution in [1.82, 2.24) is 19.1 Å². The maximum absolute atomic E-state index is 12.7. The summed E-state index contributed by atoms with van der Waals surface area (Å²) in [6.07, 6.45) is 0. The second kappa shape index (κ2) is 6.52. The number of hydrogen-bond acceptors (Lipinski definition) is 5. The van der Waals surface area contributed by atoms with Gasteiger partial charge >= 0.3 is 0 Å². The zero-order chi connectivity index (χ0) is 17.3. The van der Waals surface area contributed by atoms with Crippen molar-refractivity contribution < 1.29 is 8.42 Å². The lowest BCUT2D eigenvalue weighted by Gasteiger charge is -2.34. The lowest BCUT2D eigenvalue weighted by atomic mass is 10.2. The number of sulfonamides is 1. The van der Waals surface area contributed by atoms with Crippen LogP contribution in [-0.4, -0.2) is 53.7 Å². The predicted molar refractivity (Wildman–Crippen MR) is 93.3 cm³/mol. The molecule has 0 atom stereocenters. The van der Waals surface area contributed by atoms with E-state index in [0.29, 0.717) is 26.2 Å². The van der Waals surface area contributed by atoms with Gasteiger partial charge in [0.15, 0.2) is 0 Å². The molecule has 1 aliphatic heterocycles. The highest BCUT2D eigenvalue weighted by molar-refractivity contribution is 7.88. The average molecular weight is 349 g/mol. The van der Waals surface area contributed by atoms with Crippen molar-refractivity contribution in [3.63, 3.8) is 0 Å². The Morgan fingerprint density at radius 3 is 2.38 bits per heavy atom. The van der Waals surface area contributed by atoms with Crippen LogP contribution in [0.15, 0.2) is 24.3 Å². The average Bonchev–Trinajstić information content (AvgIpc) is 2.87. The van der Waals surface area contributed by atoms with Crippen LogP contribution in [-0.2, 0) is 22.8 Å². The van der Waals surface area contributed by atoms with Crippen LogP contribution in [0, 0.1) is 13.8 Å². The molecule has 2 heterocycles. The lowest BCUT2D eigenvalue weighted by Crippen LogP contribution is -2.49. The van der Waals surface area contributed by atoms with Crippen molar-refractivity contribution in [2.45, 2.75) is 19.6 Å². The third-order valence-electron chi connectivity index (χ3n) is 4.42. The quantitative estimate of drug-likeness (QED) is 0.826. The van der Waals surface area contributed by atoms with Crippen molar-refractivity contribution >= 4 is 16.0 Å². The van der Waals surface area contributed by atoms with Gasteiger partial charge in [0.05, 0.1) is 5.75 Å². The second-order valence-corrected chi connectivity index (χ2v) is 8.21. The second-order valence-electron chi connectivity index (χ2n) is 6.24. The highest BCUT2D eigenvalue weighted by atomic mass is 32.2. The molecule has 0 spiro atoms. The van der Waals surface area contributed by atoms with E-state index in [0.717, 1.165) is 22.9 Å². The topological polar surface area (TPSA) is 71.3 Å². The van der Waals surface area contributed by atoms with E-state index >= 15 is 0 Å². The zero-order valence-electron chi connectivity index (χ0n) is 14.3. The van der Waals surface area contributed by atoms with Gasteiger partial charge in [-0.1, -0.05) is 29.8 Å². The molecule has 1 fully saturated rings. The first-order chi connectivity index (χ1) is 11.4. The summed E-state index contributed by atoms with van der Waals surface area (Å²) in [5.41, 5.74) is 1.91. The summed E-state index contributed by atoms with van der Waals surface area (Å²) in [7, 11) is -1.38. The molecule has 0 unspecified atom stereocenters. The third-order valence-corrected chi connectivity index (χ3v) is 6.27. The van der Waals surface area contributed by atoms with Gasteiger partial charge in [0, 0.05) is 33.2 Å². The number of aryl methyl sites for hydroxylation is 2. The van der Waals surface area contributed by atoms with Gasteiger partial charge in [-0.25, -0.2) is 8.42 Å². The SMILES string of the molecule is Cc1cccc(CS(=O)(=O)N2CCN(c3nnc(C)n3C)CC2)c1. The van der Waals surface area contributed by atoms with Crippen LogP contribution >= 0.6 is 0 Å². The first-order valence-corrected chi connectivity index (χ1v) is 9.62. The number of aromatic nitrogens is 3. The van der Waals surface area contributed by atoms with E-state index in [4.69, 9.17) is 0 Å². The standard InChI is InChI=1S/C16H23N5O2S/c1-13-5-4-6-15(11-13)12-24(22,23)21-9-7-20(8-10-21)16-18-17-14(2)19(16)3/h4-6,11H,7-10,12H2,1-3H3. The van der Waals surface area contributed by atoms with Crippen molar-refractivity contribution in [3.8, 4) is 0 Å². The van der Waals surface area contributed by atoms with Crippen molar-refractivity contribution in [2.75, 3.05) is 31.1 Å². The molecule has 130 valence electrons. The van der Waals surface area contributed by atoms with Crippen LogP contribution in [0.25, 0.3) is 0 Å². The summed E-state index contributed by atoms with van der Waals surface area (Å²) in [6.45, 7) is 6.06. The molecule has 0 aliphatic carbocycles. The minimum atomic E-state index is -3.30. The Kier molecular flexibility index (Phi) is 4.60. The predicted octanol–water partition coefficient (Wildman–Crippen LogP) is 1.08. The molecule has 0 N–H and O–H groups in total. The maximum Gasteiger partial charge on any atom is 0.227 e. The van der Waals surface area contributed by atoms with Crippen LogP contribution in [0.1, 0.15) is 17.0 Å². The molecule has 0 bridgehead atoms. The van der Waals surface area contributed by atoms with Crippen molar-refractivity contribution in [1.29, 1.82) is 0 Å². The van der Waals surface area contributed by atoms with Crippen LogP contribution in [0.3, 0.4) is 0 Å². The minimum Gasteiger partial charge on any atom is -0.338 e. The highest BCUT2D eigenvalue weighted by Crippen LogP contribution is 2.18. The van der Waals surface area contributed by atoms with Crippen LogP contribution in [0.4, 0.5) is 5.95 Å². The lowest BCUT2D eigenvalue weighted by molar-refractivity contribution is 0.381. The zero-order valence-corrected chi connectivity index (χ0v) is 15.1. The molecule has 0 amide bonds. The molecule has 0 radical (unpaired) electrons. The Hall–Kier alpha value is -1.93. The number of nitrogens with zero attached hydrogens (tertiary/aromatic N) is 5. The molecule has 7 nitrogen and oxygen atoms in total. The Labute approximate surface area is 143 Å². The van der Waals surface area contributed by atoms with E-state index in [-0.39, 0.29) is 5.75 Å². The largest absolute Gasteiger partial charge is 0.338 e. The molecular formula is C16H23N5O2S. The molecule has 1 aliphatic rings. The summed E-state index contributed by atoms with van der Waals surface area (Å²) < 4.78 is 28.8. The monoisotopic (exact) mass is 349 g/mol. The van der Waals surface area contributed by atoms with E-state index in [1.807, 2.05) is 49.7 Å². The van der Waals surface area contributed by atoms with Gasteiger partial charge in [0.25, 0.3) is 0 Å². The number of benzene rings is 1. The highest BCUT2D eigenvalue weighted by Gasteiger charge is 2.28. The Bertz CT molecular complexity index is 823. The van der Waals surface area contributed by atoms with Gasteiger partial charge in [0.2, 0.25) is 16.0 Å². The Balaban J connectivity index is 1.66. The van der Waals surface area contributed by atoms with Gasteiger partial charge in [-0.2, -0.15) is 4.31 Å². The first-order valence-electron chi connectivity index (χ1n) is 8.01. The first kappa shape index (κ1) is 16.9. The van der Waals surface area contributed by atoms with Gasteiger partial charge in [-0.3, -0.25) is 0 Å². The van der Waals surface area contributed by atoms with E-state index in [9.17, 15) is 8.42 Å². The molecule has 8 heteroatoms. The number of rotatable bonds is 4. The fourth-order valence-corrected chi connectivity index (χ4v) is 4.44. The molecule has 1 saturated heterocycles. The summed E-state index contributed by atoms with van der Waals surface area (Å²) in [5, 5.41) is 8.24. The van der Waals surface area contributed by atoms with Crippen molar-refractivity contribution in [2.24, 2.45) is 7.05 Å². The molecular weight excluding hydrogens is 326 g/mol. The fraction of sp³-hybridized carbons (Fsp3) is 0.500. The van der Waals surface area contributed by atoms with Gasteiger partial charge in [-0.05, 0) is 19.4 Å². The summed E-state index contributed by atoms with van der Waals surface area (Å²) in [4.78, 5) is 2.08. The fourth-order valence-electron chi connectivity index (χ4n) is 2.94. The van der Waals surface area contributed by atoms with Crippen molar-refractivity contribution in [3.05, 3.63) is 41.2 Å². The number of anilines is 1.